The first-order valence-electron chi connectivity index (χ1n) is 17.6. The Morgan fingerprint density at radius 3 is 1.33 bits per heavy atom. The lowest BCUT2D eigenvalue weighted by Gasteiger charge is -2.09. The number of rotatable bonds is 9. The molecule has 3 amide bonds. The van der Waals surface area contributed by atoms with Crippen LogP contribution in [0.3, 0.4) is 0 Å². The highest BCUT2D eigenvalue weighted by atomic mass is 32.2. The molecule has 21 heteroatoms. The van der Waals surface area contributed by atoms with Gasteiger partial charge in [0.1, 0.15) is 0 Å². The fourth-order valence-corrected chi connectivity index (χ4v) is 6.88. The monoisotopic (exact) mass is 868 g/mol. The number of nitrogens with zero attached hydrogens (tertiary/aromatic N) is 4. The maximum absolute atomic E-state index is 12.6. The number of aromatic carboxylic acids is 1. The van der Waals surface area contributed by atoms with Gasteiger partial charge in [-0.2, -0.15) is 0 Å². The van der Waals surface area contributed by atoms with Crippen LogP contribution >= 0.6 is 0 Å². The van der Waals surface area contributed by atoms with Crippen molar-refractivity contribution in [2.24, 2.45) is 0 Å². The molecule has 316 valence electrons. The van der Waals surface area contributed by atoms with Crippen LogP contribution in [-0.2, 0) is 29.6 Å². The molecule has 0 aliphatic carbocycles. The molecule has 0 spiro atoms. The molecule has 0 radical (unpaired) electrons. The van der Waals surface area contributed by atoms with Crippen LogP contribution in [0.4, 0.5) is 23.0 Å². The van der Waals surface area contributed by atoms with Crippen molar-refractivity contribution >= 4 is 66.7 Å². The van der Waals surface area contributed by atoms with E-state index < -0.39 is 43.7 Å². The summed E-state index contributed by atoms with van der Waals surface area (Å²) in [5.74, 6) is -3.20. The van der Waals surface area contributed by atoms with Gasteiger partial charge in [0, 0.05) is 36.3 Å². The van der Waals surface area contributed by atoms with Crippen LogP contribution in [0.15, 0.2) is 119 Å². The molecule has 2 aromatic heterocycles. The summed E-state index contributed by atoms with van der Waals surface area (Å²) in [4.78, 5) is 61.2. The van der Waals surface area contributed by atoms with Gasteiger partial charge in [-0.1, -0.05) is 59.7 Å². The summed E-state index contributed by atoms with van der Waals surface area (Å²) in [6.07, 6.45) is 2.95. The van der Waals surface area contributed by atoms with Crippen molar-refractivity contribution in [1.29, 1.82) is 0 Å². The predicted octanol–water partition coefficient (Wildman–Crippen LogP) is 3.94. The van der Waals surface area contributed by atoms with Crippen molar-refractivity contribution in [1.82, 2.24) is 29.4 Å². The van der Waals surface area contributed by atoms with E-state index in [1.807, 2.05) is 71.8 Å². The highest BCUT2D eigenvalue weighted by Crippen LogP contribution is 2.22. The first kappa shape index (κ1) is 45.9. The van der Waals surface area contributed by atoms with Gasteiger partial charge in [0.2, 0.25) is 11.8 Å². The summed E-state index contributed by atoms with van der Waals surface area (Å²) in [5, 5.41) is 11.5. The third-order valence-corrected chi connectivity index (χ3v) is 10.8. The van der Waals surface area contributed by atoms with Crippen molar-refractivity contribution in [2.45, 2.75) is 37.5 Å². The first-order chi connectivity index (χ1) is 28.6. The number of carbonyl (C=O) groups excluding carboxylic acids is 3. The van der Waals surface area contributed by atoms with Crippen molar-refractivity contribution in [3.63, 3.8) is 0 Å². The third kappa shape index (κ3) is 13.1. The Morgan fingerprint density at radius 1 is 0.557 bits per heavy atom. The van der Waals surface area contributed by atoms with E-state index in [1.165, 1.54) is 60.9 Å². The Balaban J connectivity index is 0.000000223. The molecule has 0 bridgehead atoms. The zero-order valence-electron chi connectivity index (χ0n) is 32.9. The highest BCUT2D eigenvalue weighted by Gasteiger charge is 2.19. The topological polar surface area (TPSA) is 322 Å². The van der Waals surface area contributed by atoms with Gasteiger partial charge >= 0.3 is 5.97 Å². The number of nitrogens with two attached hydrogens (primary N) is 3. The van der Waals surface area contributed by atoms with Crippen LogP contribution in [0.2, 0.25) is 0 Å². The Morgan fingerprint density at radius 2 is 0.934 bits per heavy atom. The summed E-state index contributed by atoms with van der Waals surface area (Å²) in [5.41, 5.74) is 22.0. The van der Waals surface area contributed by atoms with Crippen molar-refractivity contribution in [3.05, 3.63) is 132 Å². The van der Waals surface area contributed by atoms with Gasteiger partial charge in [-0.15, -0.1) is 0 Å². The number of aromatic nitrogens is 4. The molecule has 0 saturated carbocycles. The van der Waals surface area contributed by atoms with Gasteiger partial charge in [-0.05, 0) is 62.4 Å². The fourth-order valence-electron chi connectivity index (χ4n) is 4.90. The lowest BCUT2D eigenvalue weighted by molar-refractivity contribution is -0.118. The second-order valence-electron chi connectivity index (χ2n) is 12.9. The molecule has 0 unspecified atom stereocenters. The van der Waals surface area contributed by atoms with Crippen LogP contribution in [0.1, 0.15) is 46.0 Å². The maximum atomic E-state index is 12.6. The van der Waals surface area contributed by atoms with E-state index in [9.17, 15) is 36.0 Å². The molecule has 19 nitrogen and oxygen atoms in total. The quantitative estimate of drug-likeness (QED) is 0.101. The number of carboxylic acids is 1. The molecule has 6 rings (SSSR count). The van der Waals surface area contributed by atoms with Gasteiger partial charge in [-0.25, -0.2) is 51.0 Å². The second-order valence-corrected chi connectivity index (χ2v) is 16.3. The molecule has 10 N–H and O–H groups in total. The van der Waals surface area contributed by atoms with E-state index in [2.05, 4.69) is 25.3 Å². The number of nitrogen functional groups attached to an aromatic ring is 3. The van der Waals surface area contributed by atoms with Crippen LogP contribution in [0.25, 0.3) is 22.5 Å². The number of sulfonamides is 2. The summed E-state index contributed by atoms with van der Waals surface area (Å²) in [6, 6.07) is 26.0. The van der Waals surface area contributed by atoms with E-state index in [0.29, 0.717) is 22.8 Å². The molecule has 0 aliphatic rings. The largest absolute Gasteiger partial charge is 0.476 e. The molecular formula is C40H40N10O9S2. The lowest BCUT2D eigenvalue weighted by atomic mass is 10.1. The number of carboxylic acid groups (broad SMARTS) is 1. The molecule has 2 heterocycles. The first-order valence-corrected chi connectivity index (χ1v) is 20.6. The number of hydrogen-bond acceptors (Lipinski definition) is 15. The number of nitrogens with one attached hydrogen (secondary N) is 3. The van der Waals surface area contributed by atoms with Gasteiger partial charge in [0.05, 0.1) is 33.6 Å². The summed E-state index contributed by atoms with van der Waals surface area (Å²) in [7, 11) is -7.69. The minimum absolute atomic E-state index is 0.0156. The predicted molar refractivity (Wildman–Crippen MR) is 227 cm³/mol. The smallest absolute Gasteiger partial charge is 0.358 e. The molecule has 0 atom stereocenters. The van der Waals surface area contributed by atoms with Gasteiger partial charge in [0.15, 0.2) is 23.0 Å². The number of hydrogen-bond donors (Lipinski definition) is 7. The number of carbonyl (C=O) groups is 4. The SMILES string of the molecule is CC(=O)NS(=O)(=O)c1ccc(N)cc1.CC(=O)NS(=O)(=O)c1ccc(NC(=O)c2nc(-c3ccc(C)cc3)cnc2N)cc1.Cc1ccc(-c2cnc(N)c(C(=O)O)n2)cc1. The number of aryl methyl sites for hydroxylation is 2. The normalized spacial score (nSPS) is 10.8. The zero-order valence-corrected chi connectivity index (χ0v) is 34.6. The average Bonchev–Trinajstić information content (AvgIpc) is 3.19. The summed E-state index contributed by atoms with van der Waals surface area (Å²) >= 11 is 0. The minimum Gasteiger partial charge on any atom is -0.476 e. The van der Waals surface area contributed by atoms with Crippen LogP contribution in [-0.4, -0.2) is 65.6 Å². The maximum Gasteiger partial charge on any atom is 0.358 e. The van der Waals surface area contributed by atoms with Crippen LogP contribution < -0.4 is 32.0 Å². The molecule has 4 aromatic carbocycles. The van der Waals surface area contributed by atoms with Crippen molar-refractivity contribution in [3.8, 4) is 22.5 Å². The van der Waals surface area contributed by atoms with E-state index >= 15 is 0 Å². The van der Waals surface area contributed by atoms with Gasteiger partial charge in [-0.3, -0.25) is 14.4 Å². The molecule has 0 fully saturated rings. The van der Waals surface area contributed by atoms with Crippen LogP contribution in [0.5, 0.6) is 0 Å². The number of anilines is 4. The summed E-state index contributed by atoms with van der Waals surface area (Å²) in [6.45, 7) is 6.17. The van der Waals surface area contributed by atoms with E-state index in [-0.39, 0.29) is 32.8 Å². The Labute approximate surface area is 350 Å². The van der Waals surface area contributed by atoms with Crippen LogP contribution in [0, 0.1) is 13.8 Å². The molecule has 0 aliphatic heterocycles. The van der Waals surface area contributed by atoms with Crippen molar-refractivity contribution < 1.29 is 41.1 Å². The van der Waals surface area contributed by atoms with E-state index in [1.54, 1.807) is 0 Å². The zero-order chi connectivity index (χ0) is 45.1. The number of benzene rings is 4. The average molecular weight is 869 g/mol. The Kier molecular flexibility index (Phi) is 14.9. The van der Waals surface area contributed by atoms with Gasteiger partial charge in [0.25, 0.3) is 26.0 Å². The Hall–Kier alpha value is -7.78. The number of amides is 3. The standard InChI is InChI=1S/C20H19N5O4S.C12H11N3O2.C8H10N2O3S/c1-12-3-5-14(6-4-12)17-11-22-19(21)18(24-17)20(27)23-15-7-9-16(10-8-15)30(28,29)25-13(2)26;1-7-2-4-8(5-3-7)9-6-14-11(13)10(15-9)12(16)17;1-6(11)10-14(12,13)8-4-2-7(9)3-5-8/h3-11H,1-2H3,(H2,21,22)(H,23,27)(H,25,26);2-6H,1H3,(H2,13,14)(H,16,17);2-5H,9H2,1H3,(H,10,11). The molecule has 0 saturated heterocycles. The second kappa shape index (κ2) is 19.8. The lowest BCUT2D eigenvalue weighted by Crippen LogP contribution is -2.28. The highest BCUT2D eigenvalue weighted by molar-refractivity contribution is 7.90. The van der Waals surface area contributed by atoms with E-state index in [4.69, 9.17) is 22.3 Å². The molecule has 6 aromatic rings. The summed E-state index contributed by atoms with van der Waals surface area (Å²) < 4.78 is 50.4. The molecular weight excluding hydrogens is 829 g/mol. The minimum atomic E-state index is -3.96. The van der Waals surface area contributed by atoms with Gasteiger partial charge < -0.3 is 27.6 Å². The fraction of sp³-hybridized carbons (Fsp3) is 0.100. The molecule has 61 heavy (non-hydrogen) atoms. The Bertz CT molecular complexity index is 2790. The van der Waals surface area contributed by atoms with E-state index in [0.717, 1.165) is 36.1 Å². The third-order valence-electron chi connectivity index (χ3n) is 7.88. The van der Waals surface area contributed by atoms with Crippen molar-refractivity contribution in [2.75, 3.05) is 22.5 Å².